The van der Waals surface area contributed by atoms with E-state index in [0.717, 1.165) is 0 Å². The molecule has 1 heterocycles. The topological polar surface area (TPSA) is 73.2 Å². The summed E-state index contributed by atoms with van der Waals surface area (Å²) in [6, 6.07) is 21.1. The number of aryl methyl sites for hydroxylation is 1. The van der Waals surface area contributed by atoms with E-state index in [2.05, 4.69) is 10.3 Å². The third-order valence-corrected chi connectivity index (χ3v) is 5.05. The number of fused-ring (bicyclic) bond motifs is 1. The summed E-state index contributed by atoms with van der Waals surface area (Å²) in [5.41, 5.74) is 1.68. The van der Waals surface area contributed by atoms with Gasteiger partial charge < -0.3 is 10.1 Å². The Kier molecular flexibility index (Phi) is 6.00. The second kappa shape index (κ2) is 9.02. The van der Waals surface area contributed by atoms with Crippen LogP contribution in [0, 0.1) is 6.92 Å². The number of rotatable bonds is 6. The van der Waals surface area contributed by atoms with E-state index >= 15 is 0 Å². The smallest absolute Gasteiger partial charge is 0.265 e. The number of hydrogen-bond acceptors (Lipinski definition) is 4. The van der Waals surface area contributed by atoms with Gasteiger partial charge in [-0.15, -0.1) is 0 Å². The first-order chi connectivity index (χ1) is 15.0. The van der Waals surface area contributed by atoms with Crippen LogP contribution in [0.15, 0.2) is 77.6 Å². The van der Waals surface area contributed by atoms with Crippen LogP contribution in [-0.4, -0.2) is 28.6 Å². The summed E-state index contributed by atoms with van der Waals surface area (Å²) in [6.45, 7) is 2.48. The fraction of sp³-hybridized carbons (Fsp3) is 0.125. The summed E-state index contributed by atoms with van der Waals surface area (Å²) in [5, 5.41) is 4.01. The molecule has 4 rings (SSSR count). The van der Waals surface area contributed by atoms with Crippen molar-refractivity contribution in [1.29, 1.82) is 0 Å². The van der Waals surface area contributed by atoms with Crippen molar-refractivity contribution < 1.29 is 9.53 Å². The Morgan fingerprint density at radius 2 is 1.74 bits per heavy atom. The molecule has 0 bridgehead atoms. The van der Waals surface area contributed by atoms with Gasteiger partial charge in [0.15, 0.2) is 0 Å². The second-order valence-electron chi connectivity index (χ2n) is 6.92. The highest BCUT2D eigenvalue weighted by Gasteiger charge is 2.11. The van der Waals surface area contributed by atoms with E-state index in [-0.39, 0.29) is 11.5 Å². The molecule has 6 nitrogen and oxygen atoms in total. The molecule has 0 saturated heterocycles. The Morgan fingerprint density at radius 3 is 2.48 bits per heavy atom. The lowest BCUT2D eigenvalue weighted by Gasteiger charge is -2.12. The fourth-order valence-corrected chi connectivity index (χ4v) is 3.40. The molecule has 0 saturated carbocycles. The van der Waals surface area contributed by atoms with E-state index < -0.39 is 0 Å². The van der Waals surface area contributed by atoms with Crippen LogP contribution in [0.5, 0.6) is 5.75 Å². The van der Waals surface area contributed by atoms with Crippen LogP contribution in [0.2, 0.25) is 5.02 Å². The van der Waals surface area contributed by atoms with E-state index in [4.69, 9.17) is 16.3 Å². The summed E-state index contributed by atoms with van der Waals surface area (Å²) in [6.07, 6.45) is 0. The largest absolute Gasteiger partial charge is 0.492 e. The number of hydrogen-bond donors (Lipinski definition) is 1. The minimum absolute atomic E-state index is 0.139. The molecule has 31 heavy (non-hydrogen) atoms. The zero-order chi connectivity index (χ0) is 21.8. The molecule has 0 aliphatic heterocycles. The maximum absolute atomic E-state index is 12.9. The molecule has 1 aromatic heterocycles. The number of amides is 1. The van der Waals surface area contributed by atoms with Crippen molar-refractivity contribution in [2.45, 2.75) is 6.92 Å². The number of nitrogens with zero attached hydrogens (tertiary/aromatic N) is 2. The zero-order valence-electron chi connectivity index (χ0n) is 16.8. The quantitative estimate of drug-likeness (QED) is 0.463. The number of aromatic nitrogens is 2. The highest BCUT2D eigenvalue weighted by atomic mass is 35.5. The highest BCUT2D eigenvalue weighted by Crippen LogP contribution is 2.15. The SMILES string of the molecule is Cc1nc2ccccc2c(=O)n1-c1ccc(C(=O)NCCOc2ccc(Cl)cc2)cc1. The van der Waals surface area contributed by atoms with Gasteiger partial charge in [0.05, 0.1) is 23.1 Å². The summed E-state index contributed by atoms with van der Waals surface area (Å²) < 4.78 is 7.11. The van der Waals surface area contributed by atoms with Crippen LogP contribution in [0.25, 0.3) is 16.6 Å². The molecule has 0 atom stereocenters. The maximum atomic E-state index is 12.9. The Balaban J connectivity index is 1.42. The highest BCUT2D eigenvalue weighted by molar-refractivity contribution is 6.30. The monoisotopic (exact) mass is 433 g/mol. The van der Waals surface area contributed by atoms with Gasteiger partial charge in [0.1, 0.15) is 18.2 Å². The molecule has 0 aliphatic rings. The van der Waals surface area contributed by atoms with Crippen LogP contribution in [0.4, 0.5) is 0 Å². The van der Waals surface area contributed by atoms with Gasteiger partial charge in [-0.25, -0.2) is 4.98 Å². The van der Waals surface area contributed by atoms with E-state index in [0.29, 0.717) is 51.9 Å². The lowest BCUT2D eigenvalue weighted by molar-refractivity contribution is 0.0947. The number of ether oxygens (including phenoxy) is 1. The third kappa shape index (κ3) is 4.59. The van der Waals surface area contributed by atoms with Crippen molar-refractivity contribution in [3.63, 3.8) is 0 Å². The Labute approximate surface area is 184 Å². The van der Waals surface area contributed by atoms with Gasteiger partial charge in [0.25, 0.3) is 11.5 Å². The number of para-hydroxylation sites is 1. The fourth-order valence-electron chi connectivity index (χ4n) is 3.28. The number of benzene rings is 3. The predicted octanol–water partition coefficient (Wildman–Crippen LogP) is 4.16. The first-order valence-electron chi connectivity index (χ1n) is 9.78. The molecule has 1 amide bonds. The number of nitrogens with one attached hydrogen (secondary N) is 1. The molecule has 3 aromatic carbocycles. The lowest BCUT2D eigenvalue weighted by Crippen LogP contribution is -2.28. The molecular formula is C24H20ClN3O3. The van der Waals surface area contributed by atoms with Crippen molar-refractivity contribution in [2.75, 3.05) is 13.2 Å². The van der Waals surface area contributed by atoms with Crippen LogP contribution in [-0.2, 0) is 0 Å². The standard InChI is InChI=1S/C24H20ClN3O3/c1-16-27-22-5-3-2-4-21(22)24(30)28(16)19-10-6-17(7-11-19)23(29)26-14-15-31-20-12-8-18(25)9-13-20/h2-13H,14-15H2,1H3,(H,26,29). The average molecular weight is 434 g/mol. The molecule has 1 N–H and O–H groups in total. The normalized spacial score (nSPS) is 10.8. The summed E-state index contributed by atoms with van der Waals surface area (Å²) in [7, 11) is 0. The molecule has 7 heteroatoms. The van der Waals surface area contributed by atoms with Gasteiger partial charge in [-0.2, -0.15) is 0 Å². The summed E-state index contributed by atoms with van der Waals surface area (Å²) >= 11 is 5.84. The van der Waals surface area contributed by atoms with E-state index in [1.807, 2.05) is 18.2 Å². The van der Waals surface area contributed by atoms with Gasteiger partial charge in [-0.3, -0.25) is 14.2 Å². The van der Waals surface area contributed by atoms with E-state index in [1.54, 1.807) is 66.1 Å². The van der Waals surface area contributed by atoms with Gasteiger partial charge in [0, 0.05) is 10.6 Å². The number of carbonyl (C=O) groups is 1. The molecule has 4 aromatic rings. The second-order valence-corrected chi connectivity index (χ2v) is 7.36. The van der Waals surface area contributed by atoms with Crippen LogP contribution < -0.4 is 15.6 Å². The summed E-state index contributed by atoms with van der Waals surface area (Å²) in [4.78, 5) is 29.8. The van der Waals surface area contributed by atoms with Crippen LogP contribution in [0.1, 0.15) is 16.2 Å². The first kappa shape index (κ1) is 20.6. The third-order valence-electron chi connectivity index (χ3n) is 4.80. The Bertz CT molecular complexity index is 1280. The molecule has 0 spiro atoms. The van der Waals surface area contributed by atoms with Crippen LogP contribution in [0.3, 0.4) is 0 Å². The molecule has 0 radical (unpaired) electrons. The number of halogens is 1. The zero-order valence-corrected chi connectivity index (χ0v) is 17.6. The lowest BCUT2D eigenvalue weighted by atomic mass is 10.2. The minimum atomic E-state index is -0.216. The van der Waals surface area contributed by atoms with Gasteiger partial charge in [-0.05, 0) is 67.6 Å². The van der Waals surface area contributed by atoms with Gasteiger partial charge >= 0.3 is 0 Å². The van der Waals surface area contributed by atoms with Crippen LogP contribution >= 0.6 is 11.6 Å². The van der Waals surface area contributed by atoms with Gasteiger partial charge in [0.2, 0.25) is 0 Å². The van der Waals surface area contributed by atoms with Crippen molar-refractivity contribution in [2.24, 2.45) is 0 Å². The first-order valence-corrected chi connectivity index (χ1v) is 10.2. The Hall–Kier alpha value is -3.64. The van der Waals surface area contributed by atoms with E-state index in [9.17, 15) is 9.59 Å². The summed E-state index contributed by atoms with van der Waals surface area (Å²) in [5.74, 6) is 1.06. The van der Waals surface area contributed by atoms with Crippen molar-refractivity contribution >= 4 is 28.4 Å². The van der Waals surface area contributed by atoms with Crippen molar-refractivity contribution in [1.82, 2.24) is 14.9 Å². The minimum Gasteiger partial charge on any atom is -0.492 e. The molecule has 156 valence electrons. The van der Waals surface area contributed by atoms with Crippen molar-refractivity contribution in [3.8, 4) is 11.4 Å². The Morgan fingerprint density at radius 1 is 1.03 bits per heavy atom. The average Bonchev–Trinajstić information content (AvgIpc) is 2.78. The maximum Gasteiger partial charge on any atom is 0.265 e. The number of carbonyl (C=O) groups excluding carboxylic acids is 1. The van der Waals surface area contributed by atoms with E-state index in [1.165, 1.54) is 0 Å². The molecular weight excluding hydrogens is 414 g/mol. The predicted molar refractivity (Wildman–Crippen MR) is 121 cm³/mol. The molecule has 0 unspecified atom stereocenters. The van der Waals surface area contributed by atoms with Gasteiger partial charge in [-0.1, -0.05) is 23.7 Å². The molecule has 0 aliphatic carbocycles. The van der Waals surface area contributed by atoms with Crippen molar-refractivity contribution in [3.05, 3.63) is 99.6 Å². The molecule has 0 fully saturated rings.